The molecule has 1 N–H and O–H groups in total. The topological polar surface area (TPSA) is 53.0 Å². The summed E-state index contributed by atoms with van der Waals surface area (Å²) in [4.78, 5) is 17.6. The zero-order valence-corrected chi connectivity index (χ0v) is 25.1. The van der Waals surface area contributed by atoms with E-state index in [0.29, 0.717) is 18.9 Å². The summed E-state index contributed by atoms with van der Waals surface area (Å²) < 4.78 is 6.56. The van der Waals surface area contributed by atoms with Crippen molar-refractivity contribution in [2.24, 2.45) is 11.8 Å². The van der Waals surface area contributed by atoms with Crippen molar-refractivity contribution < 1.29 is 14.6 Å². The Kier molecular flexibility index (Phi) is 8.89. The summed E-state index contributed by atoms with van der Waals surface area (Å²) in [6.45, 7) is 11.1. The smallest absolute Gasteiger partial charge is 0.223 e. The number of carbonyl (C=O) groups is 1. The van der Waals surface area contributed by atoms with E-state index >= 15 is 0 Å². The number of benzene rings is 2. The Bertz CT molecular complexity index is 1220. The fourth-order valence-corrected chi connectivity index (χ4v) is 6.84. The molecule has 5 heteroatoms. The predicted molar refractivity (Wildman–Crippen MR) is 163 cm³/mol. The molecule has 0 spiro atoms. The number of amides is 1. The zero-order valence-electron chi connectivity index (χ0n) is 25.1. The first-order valence-corrected chi connectivity index (χ1v) is 15.5. The summed E-state index contributed by atoms with van der Waals surface area (Å²) in [5.74, 6) is 2.17. The van der Waals surface area contributed by atoms with Crippen LogP contribution in [0.25, 0.3) is 0 Å². The highest BCUT2D eigenvalue weighted by Gasteiger charge is 2.38. The van der Waals surface area contributed by atoms with Crippen molar-refractivity contribution in [3.8, 4) is 5.75 Å². The van der Waals surface area contributed by atoms with Gasteiger partial charge in [0.2, 0.25) is 5.91 Å². The molecule has 6 unspecified atom stereocenters. The van der Waals surface area contributed by atoms with Crippen LogP contribution in [-0.4, -0.2) is 54.8 Å². The molecule has 6 atom stereocenters. The number of ether oxygens (including phenoxy) is 1. The second-order valence-corrected chi connectivity index (χ2v) is 12.7. The van der Waals surface area contributed by atoms with Crippen LogP contribution in [0, 0.1) is 18.8 Å². The van der Waals surface area contributed by atoms with Gasteiger partial charge in [-0.25, -0.2) is 0 Å². The third-order valence-electron chi connectivity index (χ3n) is 9.75. The lowest BCUT2D eigenvalue weighted by Gasteiger charge is -2.43. The molecule has 1 fully saturated rings. The molecule has 2 heterocycles. The van der Waals surface area contributed by atoms with Crippen LogP contribution >= 0.6 is 0 Å². The summed E-state index contributed by atoms with van der Waals surface area (Å²) in [7, 11) is 1.90. The van der Waals surface area contributed by atoms with Gasteiger partial charge in [0.05, 0.1) is 18.4 Å². The summed E-state index contributed by atoms with van der Waals surface area (Å²) in [6.07, 6.45) is 9.23. The molecule has 0 aromatic heterocycles. The van der Waals surface area contributed by atoms with Gasteiger partial charge in [0.15, 0.2) is 0 Å². The van der Waals surface area contributed by atoms with Crippen LogP contribution in [0.3, 0.4) is 0 Å². The number of hydrogen-bond acceptors (Lipinski definition) is 4. The molecule has 1 saturated carbocycles. The van der Waals surface area contributed by atoms with E-state index in [-0.39, 0.29) is 29.7 Å². The van der Waals surface area contributed by atoms with Crippen molar-refractivity contribution >= 4 is 11.6 Å². The fourth-order valence-electron chi connectivity index (χ4n) is 6.84. The fraction of sp³-hybridized carbons (Fsp3) is 0.571. The quantitative estimate of drug-likeness (QED) is 0.442. The molecule has 5 rings (SSSR count). The molecule has 2 aromatic carbocycles. The van der Waals surface area contributed by atoms with Crippen molar-refractivity contribution in [3.05, 3.63) is 70.8 Å². The average Bonchev–Trinajstić information content (AvgIpc) is 3.09. The maximum absolute atomic E-state index is 13.2. The minimum atomic E-state index is -0.446. The Morgan fingerprint density at radius 1 is 1.07 bits per heavy atom. The van der Waals surface area contributed by atoms with Crippen molar-refractivity contribution in [3.63, 3.8) is 0 Å². The van der Waals surface area contributed by atoms with E-state index in [0.717, 1.165) is 56.6 Å². The minimum Gasteiger partial charge on any atom is -0.491 e. The minimum absolute atomic E-state index is 0.0977. The number of aryl methyl sites for hydroxylation is 2. The third kappa shape index (κ3) is 6.10. The lowest BCUT2D eigenvalue weighted by molar-refractivity contribution is -0.131. The van der Waals surface area contributed by atoms with Gasteiger partial charge in [0.25, 0.3) is 0 Å². The molecule has 40 heavy (non-hydrogen) atoms. The number of hydrogen-bond donors (Lipinski definition) is 1. The maximum atomic E-state index is 13.2. The predicted octanol–water partition coefficient (Wildman–Crippen LogP) is 6.62. The van der Waals surface area contributed by atoms with Gasteiger partial charge in [0, 0.05) is 38.5 Å². The van der Waals surface area contributed by atoms with Gasteiger partial charge in [-0.05, 0) is 86.1 Å². The van der Waals surface area contributed by atoms with E-state index in [1.807, 2.05) is 18.0 Å². The maximum Gasteiger partial charge on any atom is 0.223 e. The van der Waals surface area contributed by atoms with E-state index in [1.165, 1.54) is 22.3 Å². The zero-order chi connectivity index (χ0) is 28.4. The summed E-state index contributed by atoms with van der Waals surface area (Å²) in [5, 5.41) is 11.1. The average molecular weight is 545 g/mol. The van der Waals surface area contributed by atoms with Crippen LogP contribution in [0.4, 0.5) is 5.69 Å². The highest BCUT2D eigenvalue weighted by Crippen LogP contribution is 2.43. The standard InChI is InChI=1S/C35H48N2O3/c1-6-8-27-17-23(2)11-14-30(27)29-21-37-20-28-12-15-31(28)33(38)10-7-9-25(4)36(5)35(39)18-24(3)26-13-16-34(40-22-29)32(37)19-26/h7,10-11,13-14,16-17,19,24-25,28-29,31,33,38H,6,8-9,12,15,18,20-22H2,1-5H3/b10-7+. The first kappa shape index (κ1) is 28.7. The molecular formula is C35H48N2O3. The largest absolute Gasteiger partial charge is 0.491 e. The molecule has 1 aliphatic carbocycles. The lowest BCUT2D eigenvalue weighted by Crippen LogP contribution is -2.44. The van der Waals surface area contributed by atoms with Gasteiger partial charge in [-0.3, -0.25) is 4.79 Å². The van der Waals surface area contributed by atoms with E-state index in [2.05, 4.69) is 75.1 Å². The second kappa shape index (κ2) is 12.4. The van der Waals surface area contributed by atoms with Gasteiger partial charge in [0.1, 0.15) is 5.75 Å². The molecule has 216 valence electrons. The number of rotatable bonds is 3. The SMILES string of the molecule is CCCc1cc(C)ccc1C1COc2ccc3cc2N(C1)CC1CCC1C(O)/C=C/CC(C)N(C)C(=O)CC3C. The van der Waals surface area contributed by atoms with Gasteiger partial charge >= 0.3 is 0 Å². The number of carbonyl (C=O) groups excluding carboxylic acids is 1. The monoisotopic (exact) mass is 544 g/mol. The Balaban J connectivity index is 1.52. The Labute approximate surface area is 241 Å². The summed E-state index contributed by atoms with van der Waals surface area (Å²) in [5.41, 5.74) is 6.46. The summed E-state index contributed by atoms with van der Waals surface area (Å²) in [6, 6.07) is 13.5. The number of nitrogens with zero attached hydrogens (tertiary/aromatic N) is 2. The van der Waals surface area contributed by atoms with Crippen LogP contribution in [0.1, 0.15) is 87.0 Å². The first-order valence-electron chi connectivity index (χ1n) is 15.5. The highest BCUT2D eigenvalue weighted by atomic mass is 16.5. The van der Waals surface area contributed by atoms with E-state index in [4.69, 9.17) is 4.74 Å². The summed E-state index contributed by atoms with van der Waals surface area (Å²) >= 11 is 0. The van der Waals surface area contributed by atoms with Crippen LogP contribution in [0.2, 0.25) is 0 Å². The molecule has 2 bridgehead atoms. The Morgan fingerprint density at radius 3 is 2.65 bits per heavy atom. The van der Waals surface area contributed by atoms with E-state index in [9.17, 15) is 9.90 Å². The molecule has 0 radical (unpaired) electrons. The van der Waals surface area contributed by atoms with Crippen molar-refractivity contribution in [1.29, 1.82) is 0 Å². The Hall–Kier alpha value is -2.79. The number of aliphatic hydroxyl groups is 1. The first-order chi connectivity index (χ1) is 19.2. The lowest BCUT2D eigenvalue weighted by atomic mass is 9.70. The molecule has 2 aromatic rings. The van der Waals surface area contributed by atoms with Crippen LogP contribution < -0.4 is 9.64 Å². The number of fused-ring (bicyclic) bond motifs is 2. The van der Waals surface area contributed by atoms with Crippen molar-refractivity contribution in [1.82, 2.24) is 4.90 Å². The van der Waals surface area contributed by atoms with Crippen molar-refractivity contribution in [2.75, 3.05) is 31.6 Å². The molecule has 0 saturated heterocycles. The normalized spacial score (nSPS) is 30.1. The van der Waals surface area contributed by atoms with Crippen LogP contribution in [0.15, 0.2) is 48.6 Å². The van der Waals surface area contributed by atoms with Crippen LogP contribution in [0.5, 0.6) is 5.75 Å². The number of aliphatic hydroxyl groups excluding tert-OH is 1. The molecule has 3 aliphatic rings. The number of anilines is 1. The van der Waals surface area contributed by atoms with Crippen LogP contribution in [-0.2, 0) is 11.2 Å². The molecular weight excluding hydrogens is 496 g/mol. The van der Waals surface area contributed by atoms with E-state index in [1.54, 1.807) is 0 Å². The molecule has 2 aliphatic heterocycles. The Morgan fingerprint density at radius 2 is 1.90 bits per heavy atom. The molecule has 5 nitrogen and oxygen atoms in total. The van der Waals surface area contributed by atoms with Gasteiger partial charge in [-0.1, -0.05) is 62.2 Å². The van der Waals surface area contributed by atoms with E-state index < -0.39 is 6.10 Å². The molecule has 1 amide bonds. The second-order valence-electron chi connectivity index (χ2n) is 12.7. The van der Waals surface area contributed by atoms with Crippen molar-refractivity contribution in [2.45, 2.75) is 90.2 Å². The van der Waals surface area contributed by atoms with Gasteiger partial charge < -0.3 is 19.6 Å². The van der Waals surface area contributed by atoms with Gasteiger partial charge in [-0.15, -0.1) is 0 Å². The van der Waals surface area contributed by atoms with Gasteiger partial charge in [-0.2, -0.15) is 0 Å². The highest BCUT2D eigenvalue weighted by molar-refractivity contribution is 5.77. The third-order valence-corrected chi connectivity index (χ3v) is 9.75.